The Kier molecular flexibility index (Phi) is 4.16. The van der Waals surface area contributed by atoms with Gasteiger partial charge in [0.25, 0.3) is 0 Å². The van der Waals surface area contributed by atoms with E-state index in [0.717, 1.165) is 0 Å². The van der Waals surface area contributed by atoms with Crippen molar-refractivity contribution in [1.82, 2.24) is 0 Å². The summed E-state index contributed by atoms with van der Waals surface area (Å²) in [5, 5.41) is 0.380. The van der Waals surface area contributed by atoms with Crippen LogP contribution in [0.15, 0.2) is 27.4 Å². The lowest BCUT2D eigenvalue weighted by molar-refractivity contribution is -0.131. The van der Waals surface area contributed by atoms with Crippen molar-refractivity contribution in [3.63, 3.8) is 0 Å². The molecule has 0 aliphatic carbocycles. The van der Waals surface area contributed by atoms with E-state index in [-0.39, 0.29) is 28.9 Å². The average molecular weight is 292 g/mol. The van der Waals surface area contributed by atoms with Gasteiger partial charge in [-0.25, -0.2) is 4.79 Å². The summed E-state index contributed by atoms with van der Waals surface area (Å²) in [5.41, 5.74) is -0.389. The van der Waals surface area contributed by atoms with Crippen molar-refractivity contribution in [2.75, 3.05) is 7.11 Å². The van der Waals surface area contributed by atoms with Crippen molar-refractivity contribution in [3.05, 3.63) is 28.6 Å². The first-order valence-electron chi connectivity index (χ1n) is 6.43. The largest absolute Gasteiger partial charge is 0.492 e. The van der Waals surface area contributed by atoms with Crippen molar-refractivity contribution in [2.24, 2.45) is 0 Å². The number of fused-ring (bicyclic) bond motifs is 1. The third-order valence-electron chi connectivity index (χ3n) is 2.62. The molecule has 6 nitrogen and oxygen atoms in total. The Bertz CT molecular complexity index is 729. The van der Waals surface area contributed by atoms with Gasteiger partial charge in [-0.05, 0) is 26.0 Å². The lowest BCUT2D eigenvalue weighted by Crippen LogP contribution is -2.15. The summed E-state index contributed by atoms with van der Waals surface area (Å²) in [6.07, 6.45) is -0.236. The van der Waals surface area contributed by atoms with Gasteiger partial charge in [-0.1, -0.05) is 6.07 Å². The number of esters is 1. The number of benzene rings is 1. The maximum Gasteiger partial charge on any atom is 0.383 e. The van der Waals surface area contributed by atoms with E-state index in [1.807, 2.05) is 0 Å². The Balaban J connectivity index is 2.79. The van der Waals surface area contributed by atoms with Crippen LogP contribution in [0, 0.1) is 0 Å². The lowest BCUT2D eigenvalue weighted by Gasteiger charge is -2.15. The normalized spacial score (nSPS) is 10.7. The molecule has 0 fully saturated rings. The molecule has 0 bridgehead atoms. The fourth-order valence-electron chi connectivity index (χ4n) is 1.94. The molecule has 0 spiro atoms. The zero-order valence-electron chi connectivity index (χ0n) is 12.3. The molecular weight excluding hydrogens is 276 g/mol. The van der Waals surface area contributed by atoms with Crippen LogP contribution in [0.3, 0.4) is 0 Å². The molecule has 6 heteroatoms. The Morgan fingerprint density at radius 2 is 1.95 bits per heavy atom. The lowest BCUT2D eigenvalue weighted by atomic mass is 10.2. The Labute approximate surface area is 121 Å². The fourth-order valence-corrected chi connectivity index (χ4v) is 1.94. The van der Waals surface area contributed by atoms with Crippen LogP contribution < -0.4 is 19.8 Å². The quantitative estimate of drug-likeness (QED) is 0.489. The molecule has 0 radical (unpaired) electrons. The smallest absolute Gasteiger partial charge is 0.383 e. The molecule has 0 aliphatic rings. The van der Waals surface area contributed by atoms with E-state index in [0.29, 0.717) is 5.39 Å². The predicted molar refractivity (Wildman–Crippen MR) is 76.1 cm³/mol. The Morgan fingerprint density at radius 1 is 1.24 bits per heavy atom. The third kappa shape index (κ3) is 2.99. The molecule has 0 amide bonds. The highest BCUT2D eigenvalue weighted by Crippen LogP contribution is 2.38. The van der Waals surface area contributed by atoms with Crippen LogP contribution in [0.4, 0.5) is 0 Å². The monoisotopic (exact) mass is 292 g/mol. The molecule has 0 unspecified atom stereocenters. The van der Waals surface area contributed by atoms with Gasteiger partial charge in [-0.15, -0.1) is 0 Å². The number of ether oxygens (including phenoxy) is 3. The molecule has 1 aromatic carbocycles. The SMILES string of the molecule is COc1c(OC(C)C)c(=O)oc2cccc(OC(C)=O)c12. The molecule has 2 rings (SSSR count). The number of hydrogen-bond acceptors (Lipinski definition) is 6. The highest BCUT2D eigenvalue weighted by molar-refractivity contribution is 5.93. The highest BCUT2D eigenvalue weighted by atomic mass is 16.5. The predicted octanol–water partition coefficient (Wildman–Crippen LogP) is 2.51. The van der Waals surface area contributed by atoms with Crippen molar-refractivity contribution in [3.8, 4) is 17.2 Å². The first kappa shape index (κ1) is 14.9. The van der Waals surface area contributed by atoms with Crippen molar-refractivity contribution in [2.45, 2.75) is 26.9 Å². The van der Waals surface area contributed by atoms with E-state index in [1.54, 1.807) is 32.0 Å². The van der Waals surface area contributed by atoms with Gasteiger partial charge in [0.15, 0.2) is 5.75 Å². The molecule has 112 valence electrons. The van der Waals surface area contributed by atoms with Crippen LogP contribution in [0.2, 0.25) is 0 Å². The molecule has 2 aromatic rings. The zero-order valence-corrected chi connectivity index (χ0v) is 12.3. The first-order valence-corrected chi connectivity index (χ1v) is 6.43. The maximum absolute atomic E-state index is 12.0. The van der Waals surface area contributed by atoms with Crippen LogP contribution in [0.25, 0.3) is 11.0 Å². The maximum atomic E-state index is 12.0. The second kappa shape index (κ2) is 5.87. The van der Waals surface area contributed by atoms with E-state index in [1.165, 1.54) is 14.0 Å². The molecular formula is C15H16O6. The number of methoxy groups -OCH3 is 1. The number of carbonyl (C=O) groups excluding carboxylic acids is 1. The summed E-state index contributed by atoms with van der Waals surface area (Å²) in [4.78, 5) is 23.2. The molecule has 0 saturated carbocycles. The minimum absolute atomic E-state index is 0.0420. The van der Waals surface area contributed by atoms with Crippen LogP contribution >= 0.6 is 0 Å². The highest BCUT2D eigenvalue weighted by Gasteiger charge is 2.21. The standard InChI is InChI=1S/C15H16O6/c1-8(2)19-14-13(18-4)12-10(20-9(3)16)6-5-7-11(12)21-15(14)17/h5-8H,1-4H3. The topological polar surface area (TPSA) is 75.0 Å². The van der Waals surface area contributed by atoms with Crippen LogP contribution in [-0.2, 0) is 4.79 Å². The minimum Gasteiger partial charge on any atom is -0.492 e. The summed E-state index contributed by atoms with van der Waals surface area (Å²) in [6, 6.07) is 4.79. The van der Waals surface area contributed by atoms with Gasteiger partial charge in [0.05, 0.1) is 13.2 Å². The van der Waals surface area contributed by atoms with Crippen molar-refractivity contribution in [1.29, 1.82) is 0 Å². The third-order valence-corrected chi connectivity index (χ3v) is 2.62. The Morgan fingerprint density at radius 3 is 2.52 bits per heavy atom. The van der Waals surface area contributed by atoms with E-state index in [2.05, 4.69) is 0 Å². The molecule has 1 aromatic heterocycles. The summed E-state index contributed by atoms with van der Waals surface area (Å²) in [6.45, 7) is 4.85. The molecule has 0 aliphatic heterocycles. The van der Waals surface area contributed by atoms with Crippen molar-refractivity contribution < 1.29 is 23.4 Å². The van der Waals surface area contributed by atoms with Crippen LogP contribution in [-0.4, -0.2) is 19.2 Å². The minimum atomic E-state index is -0.645. The van der Waals surface area contributed by atoms with E-state index < -0.39 is 11.6 Å². The summed E-state index contributed by atoms with van der Waals surface area (Å²) < 4.78 is 21.1. The fraction of sp³-hybridized carbons (Fsp3) is 0.333. The summed E-state index contributed by atoms with van der Waals surface area (Å²) in [5.74, 6) is -0.0947. The summed E-state index contributed by atoms with van der Waals surface area (Å²) >= 11 is 0. The number of rotatable bonds is 4. The van der Waals surface area contributed by atoms with Crippen LogP contribution in [0.1, 0.15) is 20.8 Å². The molecule has 0 N–H and O–H groups in total. The molecule has 1 heterocycles. The Hall–Kier alpha value is -2.50. The van der Waals surface area contributed by atoms with Gasteiger partial charge in [0, 0.05) is 6.92 Å². The molecule has 0 saturated heterocycles. The molecule has 0 atom stereocenters. The van der Waals surface area contributed by atoms with E-state index >= 15 is 0 Å². The molecule has 21 heavy (non-hydrogen) atoms. The zero-order chi connectivity index (χ0) is 15.6. The van der Waals surface area contributed by atoms with Gasteiger partial charge in [0.1, 0.15) is 16.7 Å². The second-order valence-electron chi connectivity index (χ2n) is 4.64. The number of carbonyl (C=O) groups is 1. The van der Waals surface area contributed by atoms with Gasteiger partial charge in [0.2, 0.25) is 5.75 Å². The number of hydrogen-bond donors (Lipinski definition) is 0. The van der Waals surface area contributed by atoms with Gasteiger partial charge in [-0.3, -0.25) is 4.79 Å². The van der Waals surface area contributed by atoms with Gasteiger partial charge in [-0.2, -0.15) is 0 Å². The van der Waals surface area contributed by atoms with E-state index in [9.17, 15) is 9.59 Å². The average Bonchev–Trinajstić information content (AvgIpc) is 2.39. The van der Waals surface area contributed by atoms with Crippen LogP contribution in [0.5, 0.6) is 17.2 Å². The van der Waals surface area contributed by atoms with Gasteiger partial charge < -0.3 is 18.6 Å². The van der Waals surface area contributed by atoms with Crippen molar-refractivity contribution >= 4 is 16.9 Å². The van der Waals surface area contributed by atoms with E-state index in [4.69, 9.17) is 18.6 Å². The van der Waals surface area contributed by atoms with Gasteiger partial charge >= 0.3 is 11.6 Å². The first-order chi connectivity index (χ1) is 9.93. The second-order valence-corrected chi connectivity index (χ2v) is 4.64. The summed E-state index contributed by atoms with van der Waals surface area (Å²) in [7, 11) is 1.41.